The summed E-state index contributed by atoms with van der Waals surface area (Å²) in [5, 5.41) is 0. The normalized spacial score (nSPS) is 20.0. The number of guanidine groups is 1. The highest BCUT2D eigenvalue weighted by atomic mass is 127. The maximum atomic E-state index is 6.09. The summed E-state index contributed by atoms with van der Waals surface area (Å²) in [6, 6.07) is 4.22. The van der Waals surface area contributed by atoms with Crippen LogP contribution in [0.1, 0.15) is 5.56 Å². The third-order valence-corrected chi connectivity index (χ3v) is 5.34. The molecule has 3 rings (SSSR count). The molecule has 0 saturated carbocycles. The molecule has 8 heteroatoms. The molecule has 1 aromatic rings. The van der Waals surface area contributed by atoms with Crippen molar-refractivity contribution >= 4 is 47.5 Å². The molecule has 24 heavy (non-hydrogen) atoms. The molecule has 134 valence electrons. The van der Waals surface area contributed by atoms with E-state index in [1.54, 1.807) is 0 Å². The monoisotopic (exact) mass is 462 g/mol. The first-order valence-corrected chi connectivity index (χ1v) is 9.39. The zero-order valence-electron chi connectivity index (χ0n) is 14.2. The summed E-state index contributed by atoms with van der Waals surface area (Å²) in [6.45, 7) is 6.88. The quantitative estimate of drug-likeness (QED) is 0.416. The molecule has 0 bridgehead atoms. The number of hydrogen-bond acceptors (Lipinski definition) is 5. The number of halogens is 1. The average molecular weight is 462 g/mol. The van der Waals surface area contributed by atoms with Crippen LogP contribution in [0.15, 0.2) is 23.3 Å². The molecule has 0 radical (unpaired) electrons. The Morgan fingerprint density at radius 1 is 1.17 bits per heavy atom. The van der Waals surface area contributed by atoms with Gasteiger partial charge in [0.05, 0.1) is 6.54 Å². The second-order valence-corrected chi connectivity index (χ2v) is 7.31. The fourth-order valence-corrected chi connectivity index (χ4v) is 3.70. The highest BCUT2D eigenvalue weighted by molar-refractivity contribution is 14.0. The number of thioether (sulfide) groups is 1. The summed E-state index contributed by atoms with van der Waals surface area (Å²) in [6.07, 6.45) is 1.93. The van der Waals surface area contributed by atoms with Gasteiger partial charge in [0, 0.05) is 57.0 Å². The highest BCUT2D eigenvalue weighted by Gasteiger charge is 2.15. The van der Waals surface area contributed by atoms with Crippen LogP contribution in [0, 0.1) is 0 Å². The predicted molar refractivity (Wildman–Crippen MR) is 114 cm³/mol. The standard InChI is InChI=1S/C16H26N6S.HI/c1-20-4-6-21(7-5-20)15-3-2-14(12-18-15)13-19-16(17)22-8-10-23-11-9-22;/h2-3,12H,4-11,13H2,1H3,(H2,17,19);1H. The van der Waals surface area contributed by atoms with Crippen LogP contribution in [-0.2, 0) is 6.54 Å². The van der Waals surface area contributed by atoms with Crippen molar-refractivity contribution in [3.8, 4) is 0 Å². The van der Waals surface area contributed by atoms with E-state index in [2.05, 4.69) is 43.9 Å². The summed E-state index contributed by atoms with van der Waals surface area (Å²) in [7, 11) is 2.16. The lowest BCUT2D eigenvalue weighted by atomic mass is 10.2. The fraction of sp³-hybridized carbons (Fsp3) is 0.625. The van der Waals surface area contributed by atoms with Crippen LogP contribution in [0.5, 0.6) is 0 Å². The molecular formula is C16H27IN6S. The Bertz CT molecular complexity index is 524. The highest BCUT2D eigenvalue weighted by Crippen LogP contribution is 2.14. The van der Waals surface area contributed by atoms with Crippen molar-refractivity contribution in [1.29, 1.82) is 0 Å². The summed E-state index contributed by atoms with van der Waals surface area (Å²) in [5.74, 6) is 4.00. The number of pyridine rings is 1. The van der Waals surface area contributed by atoms with Crippen LogP contribution in [0.25, 0.3) is 0 Å². The third kappa shape index (κ3) is 5.38. The zero-order valence-corrected chi connectivity index (χ0v) is 17.4. The Labute approximate surface area is 165 Å². The number of aliphatic imine (C=N–C) groups is 1. The predicted octanol–water partition coefficient (Wildman–Crippen LogP) is 1.31. The van der Waals surface area contributed by atoms with Crippen LogP contribution in [0.4, 0.5) is 5.82 Å². The van der Waals surface area contributed by atoms with E-state index in [1.807, 2.05) is 18.0 Å². The van der Waals surface area contributed by atoms with Crippen molar-refractivity contribution in [3.05, 3.63) is 23.9 Å². The largest absolute Gasteiger partial charge is 0.370 e. The van der Waals surface area contributed by atoms with Gasteiger partial charge in [-0.25, -0.2) is 9.98 Å². The third-order valence-electron chi connectivity index (χ3n) is 4.40. The number of rotatable bonds is 3. The van der Waals surface area contributed by atoms with E-state index < -0.39 is 0 Å². The minimum Gasteiger partial charge on any atom is -0.370 e. The van der Waals surface area contributed by atoms with Crippen LogP contribution >= 0.6 is 35.7 Å². The maximum absolute atomic E-state index is 6.09. The van der Waals surface area contributed by atoms with Gasteiger partial charge in [0.1, 0.15) is 5.82 Å². The molecule has 2 N–H and O–H groups in total. The van der Waals surface area contributed by atoms with Crippen molar-refractivity contribution in [3.63, 3.8) is 0 Å². The number of anilines is 1. The SMILES string of the molecule is CN1CCN(c2ccc(CN=C(N)N3CCSCC3)cn2)CC1.I. The van der Waals surface area contributed by atoms with Crippen molar-refractivity contribution in [2.24, 2.45) is 10.7 Å². The maximum Gasteiger partial charge on any atom is 0.191 e. The summed E-state index contributed by atoms with van der Waals surface area (Å²) in [5.41, 5.74) is 7.20. The Balaban J connectivity index is 0.00000208. The lowest BCUT2D eigenvalue weighted by molar-refractivity contribution is 0.312. The smallest absolute Gasteiger partial charge is 0.191 e. The van der Waals surface area contributed by atoms with Gasteiger partial charge in [-0.2, -0.15) is 11.8 Å². The van der Waals surface area contributed by atoms with Gasteiger partial charge in [0.15, 0.2) is 5.96 Å². The lowest BCUT2D eigenvalue weighted by Crippen LogP contribution is -2.44. The topological polar surface area (TPSA) is 61.0 Å². The van der Waals surface area contributed by atoms with Crippen LogP contribution in [0.2, 0.25) is 0 Å². The molecule has 2 fully saturated rings. The molecule has 0 aromatic carbocycles. The minimum absolute atomic E-state index is 0. The van der Waals surface area contributed by atoms with Gasteiger partial charge in [0.2, 0.25) is 0 Å². The first-order chi connectivity index (χ1) is 11.2. The first-order valence-electron chi connectivity index (χ1n) is 8.23. The molecule has 2 aliphatic rings. The number of nitrogens with zero attached hydrogens (tertiary/aromatic N) is 5. The molecule has 2 aliphatic heterocycles. The number of hydrogen-bond donors (Lipinski definition) is 1. The van der Waals surface area contributed by atoms with Crippen molar-refractivity contribution < 1.29 is 0 Å². The number of nitrogens with two attached hydrogens (primary N) is 1. The molecule has 0 amide bonds. The Kier molecular flexibility index (Phi) is 7.89. The minimum atomic E-state index is 0. The average Bonchev–Trinajstić information content (AvgIpc) is 2.61. The van der Waals surface area contributed by atoms with Crippen LogP contribution in [-0.4, -0.2) is 78.6 Å². The second kappa shape index (κ2) is 9.67. The fourth-order valence-electron chi connectivity index (χ4n) is 2.80. The van der Waals surface area contributed by atoms with Gasteiger partial charge in [0.25, 0.3) is 0 Å². The van der Waals surface area contributed by atoms with E-state index in [4.69, 9.17) is 5.73 Å². The van der Waals surface area contributed by atoms with Crippen molar-refractivity contribution in [1.82, 2.24) is 14.8 Å². The molecule has 0 atom stereocenters. The van der Waals surface area contributed by atoms with Crippen molar-refractivity contribution in [2.75, 3.05) is 62.7 Å². The molecule has 0 spiro atoms. The zero-order chi connectivity index (χ0) is 16.1. The van der Waals surface area contributed by atoms with E-state index in [0.29, 0.717) is 12.5 Å². The van der Waals surface area contributed by atoms with Crippen LogP contribution in [0.3, 0.4) is 0 Å². The van der Waals surface area contributed by atoms with Crippen molar-refractivity contribution in [2.45, 2.75) is 6.54 Å². The molecule has 0 unspecified atom stereocenters. The summed E-state index contributed by atoms with van der Waals surface area (Å²) >= 11 is 1.98. The summed E-state index contributed by atoms with van der Waals surface area (Å²) in [4.78, 5) is 16.0. The van der Waals surface area contributed by atoms with Gasteiger partial charge in [-0.3, -0.25) is 0 Å². The molecular weight excluding hydrogens is 435 g/mol. The van der Waals surface area contributed by atoms with E-state index in [0.717, 1.165) is 62.2 Å². The Morgan fingerprint density at radius 2 is 1.88 bits per heavy atom. The van der Waals surface area contributed by atoms with Gasteiger partial charge < -0.3 is 20.4 Å². The molecule has 6 nitrogen and oxygen atoms in total. The van der Waals surface area contributed by atoms with Crippen LogP contribution < -0.4 is 10.6 Å². The Hall–Kier alpha value is -0.740. The summed E-state index contributed by atoms with van der Waals surface area (Å²) < 4.78 is 0. The molecule has 0 aliphatic carbocycles. The number of piperazine rings is 1. The van der Waals surface area contributed by atoms with Gasteiger partial charge in [-0.1, -0.05) is 6.07 Å². The first kappa shape index (κ1) is 19.6. The Morgan fingerprint density at radius 3 is 2.50 bits per heavy atom. The molecule has 1 aromatic heterocycles. The molecule has 2 saturated heterocycles. The van der Waals surface area contributed by atoms with E-state index >= 15 is 0 Å². The lowest BCUT2D eigenvalue weighted by Gasteiger charge is -2.33. The van der Waals surface area contributed by atoms with Gasteiger partial charge >= 0.3 is 0 Å². The number of aromatic nitrogens is 1. The van der Waals surface area contributed by atoms with Gasteiger partial charge in [-0.15, -0.1) is 24.0 Å². The van der Waals surface area contributed by atoms with E-state index in [1.165, 1.54) is 0 Å². The molecule has 3 heterocycles. The van der Waals surface area contributed by atoms with E-state index in [-0.39, 0.29) is 24.0 Å². The van der Waals surface area contributed by atoms with E-state index in [9.17, 15) is 0 Å². The second-order valence-electron chi connectivity index (χ2n) is 6.09. The number of likely N-dealkylation sites (N-methyl/N-ethyl adjacent to an activating group) is 1. The van der Waals surface area contributed by atoms with Gasteiger partial charge in [-0.05, 0) is 18.7 Å².